The molecule has 0 aliphatic heterocycles. The highest BCUT2D eigenvalue weighted by Crippen LogP contribution is 2.29. The van der Waals surface area contributed by atoms with Gasteiger partial charge in [0.2, 0.25) is 30.8 Å². The third-order valence-electron chi connectivity index (χ3n) is 5.30. The predicted molar refractivity (Wildman–Crippen MR) is 130 cm³/mol. The summed E-state index contributed by atoms with van der Waals surface area (Å²) in [4.78, 5) is 25.3. The fraction of sp³-hybridized carbons (Fsp3) is 0.227. The molecule has 11 nitrogen and oxygen atoms in total. The number of carbonyl (C=O) groups is 1. The minimum absolute atomic E-state index is 0.185. The van der Waals surface area contributed by atoms with Gasteiger partial charge in [0.1, 0.15) is 17.2 Å². The van der Waals surface area contributed by atoms with Crippen molar-refractivity contribution in [1.82, 2.24) is 25.1 Å². The van der Waals surface area contributed by atoms with E-state index in [4.69, 9.17) is 0 Å². The number of halogens is 2. The summed E-state index contributed by atoms with van der Waals surface area (Å²) in [6, 6.07) is 3.18. The molecule has 3 aromatic heterocycles. The van der Waals surface area contributed by atoms with Crippen LogP contribution < -0.4 is 4.72 Å². The number of sulfonamides is 1. The van der Waals surface area contributed by atoms with Gasteiger partial charge in [0.15, 0.2) is 11.5 Å². The number of nitrogens with one attached hydrogen (secondary N) is 2. The molecule has 0 amide bonds. The number of anilines is 1. The molecule has 37 heavy (non-hydrogen) atoms. The van der Waals surface area contributed by atoms with Gasteiger partial charge in [-0.25, -0.2) is 40.6 Å². The molecule has 0 atom stereocenters. The second kappa shape index (κ2) is 9.55. The van der Waals surface area contributed by atoms with E-state index in [0.29, 0.717) is 16.8 Å². The highest BCUT2D eigenvalue weighted by Gasteiger charge is 2.26. The van der Waals surface area contributed by atoms with Gasteiger partial charge >= 0.3 is 0 Å². The first-order chi connectivity index (χ1) is 17.3. The molecule has 4 rings (SSSR count). The Morgan fingerprint density at radius 3 is 2.49 bits per heavy atom. The molecule has 0 spiro atoms. The molecule has 0 unspecified atom stereocenters. The monoisotopic (exact) mass is 550 g/mol. The molecule has 0 fully saturated rings. The van der Waals surface area contributed by atoms with Crippen LogP contribution in [0.25, 0.3) is 22.2 Å². The highest BCUT2D eigenvalue weighted by atomic mass is 32.2. The standard InChI is InChI=1S/C22H20F2N6O5S2/c1-4-7-37(34,35)30-19-16(23)6-5-13(17(19)24)20(31)18-14-8-12(9-25-21(14)29-28-18)15-10-26-22(27-11(15)2)36(3,32)33/h5-6,8-10,30H,4,7H2,1-3H3,(H,25,28,29). The van der Waals surface area contributed by atoms with E-state index in [1.807, 2.05) is 4.72 Å². The third kappa shape index (κ3) is 5.17. The largest absolute Gasteiger partial charge is 0.287 e. The van der Waals surface area contributed by atoms with Crippen molar-refractivity contribution >= 4 is 42.4 Å². The first-order valence-electron chi connectivity index (χ1n) is 10.7. The molecule has 194 valence electrons. The molecule has 15 heteroatoms. The van der Waals surface area contributed by atoms with Gasteiger partial charge in [-0.05, 0) is 31.5 Å². The van der Waals surface area contributed by atoms with Crippen molar-refractivity contribution < 1.29 is 30.4 Å². The summed E-state index contributed by atoms with van der Waals surface area (Å²) in [7, 11) is -7.66. The molecule has 0 saturated carbocycles. The smallest absolute Gasteiger partial charge is 0.247 e. The second-order valence-electron chi connectivity index (χ2n) is 8.15. The van der Waals surface area contributed by atoms with Crippen molar-refractivity contribution in [3.8, 4) is 11.1 Å². The van der Waals surface area contributed by atoms with Gasteiger partial charge in [-0.1, -0.05) is 6.92 Å². The Hall–Kier alpha value is -3.85. The summed E-state index contributed by atoms with van der Waals surface area (Å²) in [5.74, 6) is -3.88. The number of fused-ring (bicyclic) bond motifs is 1. The van der Waals surface area contributed by atoms with E-state index in [-0.39, 0.29) is 34.1 Å². The number of rotatable bonds is 8. The second-order valence-corrected chi connectivity index (χ2v) is 11.9. The quantitative estimate of drug-likeness (QED) is 0.248. The summed E-state index contributed by atoms with van der Waals surface area (Å²) in [6.45, 7) is 3.16. The van der Waals surface area contributed by atoms with Crippen molar-refractivity contribution in [3.05, 3.63) is 59.2 Å². The molecule has 0 bridgehead atoms. The predicted octanol–water partition coefficient (Wildman–Crippen LogP) is 2.79. The summed E-state index contributed by atoms with van der Waals surface area (Å²) in [6.07, 6.45) is 3.93. The molecule has 3 heterocycles. The number of hydrogen-bond donors (Lipinski definition) is 2. The van der Waals surface area contributed by atoms with Gasteiger partial charge < -0.3 is 0 Å². The Bertz CT molecular complexity index is 1770. The lowest BCUT2D eigenvalue weighted by Gasteiger charge is -2.11. The van der Waals surface area contributed by atoms with Crippen molar-refractivity contribution in [2.24, 2.45) is 0 Å². The number of benzene rings is 1. The minimum Gasteiger partial charge on any atom is -0.287 e. The molecule has 0 aliphatic carbocycles. The first-order valence-corrected chi connectivity index (χ1v) is 14.3. The van der Waals surface area contributed by atoms with Crippen LogP contribution in [0, 0.1) is 18.6 Å². The van der Waals surface area contributed by atoms with Crippen LogP contribution in [0.1, 0.15) is 35.1 Å². The number of pyridine rings is 1. The Labute approximate surface area is 210 Å². The summed E-state index contributed by atoms with van der Waals surface area (Å²) >= 11 is 0. The Kier molecular flexibility index (Phi) is 6.77. The lowest BCUT2D eigenvalue weighted by atomic mass is 10.0. The zero-order valence-electron chi connectivity index (χ0n) is 19.7. The van der Waals surface area contributed by atoms with Gasteiger partial charge in [-0.15, -0.1) is 0 Å². The summed E-state index contributed by atoms with van der Waals surface area (Å²) in [5.41, 5.74) is -0.437. The Morgan fingerprint density at radius 2 is 1.84 bits per heavy atom. The lowest BCUT2D eigenvalue weighted by Crippen LogP contribution is -2.19. The minimum atomic E-state index is -4.04. The van der Waals surface area contributed by atoms with Gasteiger partial charge in [0.25, 0.3) is 0 Å². The van der Waals surface area contributed by atoms with Crippen LogP contribution in [0.2, 0.25) is 0 Å². The Morgan fingerprint density at radius 1 is 1.11 bits per heavy atom. The van der Waals surface area contributed by atoms with E-state index in [1.165, 1.54) is 18.5 Å². The Balaban J connectivity index is 1.78. The maximum Gasteiger partial charge on any atom is 0.247 e. The third-order valence-corrected chi connectivity index (χ3v) is 7.62. The molecule has 2 N–H and O–H groups in total. The van der Waals surface area contributed by atoms with Crippen molar-refractivity contribution in [2.75, 3.05) is 16.7 Å². The number of nitrogens with zero attached hydrogens (tertiary/aromatic N) is 4. The van der Waals surface area contributed by atoms with Gasteiger partial charge in [0.05, 0.1) is 16.7 Å². The summed E-state index contributed by atoms with van der Waals surface area (Å²) < 4.78 is 78.9. The number of hydrogen-bond acceptors (Lipinski definition) is 9. The van der Waals surface area contributed by atoms with Crippen molar-refractivity contribution in [3.63, 3.8) is 0 Å². The van der Waals surface area contributed by atoms with Crippen LogP contribution in [-0.4, -0.2) is 59.8 Å². The van der Waals surface area contributed by atoms with Crippen molar-refractivity contribution in [2.45, 2.75) is 25.4 Å². The number of carbonyl (C=O) groups excluding carboxylic acids is 1. The molecular weight excluding hydrogens is 530 g/mol. The van der Waals surface area contributed by atoms with Crippen LogP contribution in [0.5, 0.6) is 0 Å². The van der Waals surface area contributed by atoms with Crippen LogP contribution >= 0.6 is 0 Å². The number of H-pyrrole nitrogens is 1. The van der Waals surface area contributed by atoms with E-state index in [9.17, 15) is 26.0 Å². The first kappa shape index (κ1) is 26.2. The average molecular weight is 551 g/mol. The number of aromatic amines is 1. The molecule has 0 radical (unpaired) electrons. The highest BCUT2D eigenvalue weighted by molar-refractivity contribution is 7.92. The van der Waals surface area contributed by atoms with Crippen LogP contribution in [0.15, 0.2) is 35.7 Å². The molecule has 0 aliphatic rings. The summed E-state index contributed by atoms with van der Waals surface area (Å²) in [5, 5.41) is 6.32. The van der Waals surface area contributed by atoms with Crippen LogP contribution in [-0.2, 0) is 19.9 Å². The van der Waals surface area contributed by atoms with E-state index in [0.717, 1.165) is 18.4 Å². The van der Waals surface area contributed by atoms with Gasteiger partial charge in [-0.3, -0.25) is 14.6 Å². The van der Waals surface area contributed by atoms with E-state index in [1.54, 1.807) is 13.8 Å². The fourth-order valence-electron chi connectivity index (χ4n) is 3.56. The number of ketones is 1. The van der Waals surface area contributed by atoms with E-state index in [2.05, 4.69) is 25.1 Å². The number of sulfone groups is 1. The lowest BCUT2D eigenvalue weighted by molar-refractivity contribution is 0.103. The fourth-order valence-corrected chi connectivity index (χ4v) is 5.24. The number of aryl methyl sites for hydroxylation is 1. The van der Waals surface area contributed by atoms with Gasteiger partial charge in [0, 0.05) is 35.5 Å². The normalized spacial score (nSPS) is 12.1. The SMILES string of the molecule is CCCS(=O)(=O)Nc1c(F)ccc(C(=O)c2n[nH]c3ncc(-c4cnc(S(C)(=O)=O)nc4C)cc23)c1F. The topological polar surface area (TPSA) is 165 Å². The zero-order valence-corrected chi connectivity index (χ0v) is 21.3. The van der Waals surface area contributed by atoms with Gasteiger partial charge in [-0.2, -0.15) is 5.10 Å². The number of aromatic nitrogens is 5. The van der Waals surface area contributed by atoms with E-state index >= 15 is 4.39 Å². The average Bonchev–Trinajstić information content (AvgIpc) is 3.24. The van der Waals surface area contributed by atoms with E-state index < -0.39 is 48.5 Å². The molecule has 0 saturated heterocycles. The molecule has 4 aromatic rings. The van der Waals surface area contributed by atoms with Crippen LogP contribution in [0.4, 0.5) is 14.5 Å². The molecule has 1 aromatic carbocycles. The maximum atomic E-state index is 15.2. The zero-order chi connectivity index (χ0) is 27.1. The van der Waals surface area contributed by atoms with Crippen LogP contribution in [0.3, 0.4) is 0 Å². The molecular formula is C22H20F2N6O5S2. The maximum absolute atomic E-state index is 15.2. The van der Waals surface area contributed by atoms with Crippen molar-refractivity contribution in [1.29, 1.82) is 0 Å².